The number of nitrogens with two attached hydrogens (primary N) is 1. The SMILES string of the molecule is CCOc1ccc(-c2nc(C)c(C(=O)N3CCN(Cc4ccc(C(N)=O)cc4)CC3)s2)cc1. The van der Waals surface area contributed by atoms with Crippen LogP contribution < -0.4 is 10.5 Å². The first-order valence-corrected chi connectivity index (χ1v) is 11.9. The quantitative estimate of drug-likeness (QED) is 0.577. The van der Waals surface area contributed by atoms with Crippen molar-refractivity contribution in [2.45, 2.75) is 20.4 Å². The molecular formula is C25H28N4O3S. The van der Waals surface area contributed by atoms with Crippen molar-refractivity contribution in [1.29, 1.82) is 0 Å². The van der Waals surface area contributed by atoms with Gasteiger partial charge in [0, 0.05) is 43.9 Å². The van der Waals surface area contributed by atoms with Crippen LogP contribution in [0.2, 0.25) is 0 Å². The Morgan fingerprint density at radius 3 is 2.30 bits per heavy atom. The molecule has 1 saturated heterocycles. The molecule has 0 atom stereocenters. The van der Waals surface area contributed by atoms with Gasteiger partial charge in [-0.3, -0.25) is 14.5 Å². The average molecular weight is 465 g/mol. The summed E-state index contributed by atoms with van der Waals surface area (Å²) in [5, 5.41) is 0.844. The largest absolute Gasteiger partial charge is 0.494 e. The van der Waals surface area contributed by atoms with E-state index in [-0.39, 0.29) is 5.91 Å². The second-order valence-corrected chi connectivity index (χ2v) is 9.02. The van der Waals surface area contributed by atoms with Crippen molar-refractivity contribution in [2.24, 2.45) is 5.73 Å². The fourth-order valence-corrected chi connectivity index (χ4v) is 4.90. The minimum absolute atomic E-state index is 0.0487. The van der Waals surface area contributed by atoms with Gasteiger partial charge in [0.25, 0.3) is 5.91 Å². The Labute approximate surface area is 197 Å². The van der Waals surface area contributed by atoms with E-state index in [9.17, 15) is 9.59 Å². The molecule has 1 aromatic heterocycles. The van der Waals surface area contributed by atoms with Gasteiger partial charge in [0.1, 0.15) is 15.6 Å². The predicted octanol–water partition coefficient (Wildman–Crippen LogP) is 3.57. The number of hydrogen-bond donors (Lipinski definition) is 1. The molecule has 0 unspecified atom stereocenters. The van der Waals surface area contributed by atoms with Crippen molar-refractivity contribution >= 4 is 23.2 Å². The van der Waals surface area contributed by atoms with Gasteiger partial charge < -0.3 is 15.4 Å². The van der Waals surface area contributed by atoms with Crippen LogP contribution in [0, 0.1) is 6.92 Å². The molecule has 4 rings (SSSR count). The monoisotopic (exact) mass is 464 g/mol. The van der Waals surface area contributed by atoms with Crippen molar-refractivity contribution in [3.05, 3.63) is 70.2 Å². The predicted molar refractivity (Wildman–Crippen MR) is 130 cm³/mol. The van der Waals surface area contributed by atoms with Crippen molar-refractivity contribution in [3.8, 4) is 16.3 Å². The van der Waals surface area contributed by atoms with Crippen LogP contribution in [0.25, 0.3) is 10.6 Å². The highest BCUT2D eigenvalue weighted by Gasteiger charge is 2.25. The summed E-state index contributed by atoms with van der Waals surface area (Å²) in [6, 6.07) is 15.2. The molecule has 172 valence electrons. The zero-order valence-electron chi connectivity index (χ0n) is 18.9. The van der Waals surface area contributed by atoms with Gasteiger partial charge in [-0.25, -0.2) is 4.98 Å². The molecular weight excluding hydrogens is 436 g/mol. The van der Waals surface area contributed by atoms with Crippen LogP contribution in [-0.2, 0) is 6.54 Å². The fourth-order valence-electron chi connectivity index (χ4n) is 3.86. The number of amides is 2. The molecule has 7 nitrogen and oxygen atoms in total. The van der Waals surface area contributed by atoms with E-state index >= 15 is 0 Å². The molecule has 33 heavy (non-hydrogen) atoms. The van der Waals surface area contributed by atoms with E-state index in [2.05, 4.69) is 9.88 Å². The Bertz CT molecular complexity index is 1120. The highest BCUT2D eigenvalue weighted by atomic mass is 32.1. The first-order chi connectivity index (χ1) is 15.9. The van der Waals surface area contributed by atoms with E-state index in [1.165, 1.54) is 11.3 Å². The van der Waals surface area contributed by atoms with Crippen molar-refractivity contribution < 1.29 is 14.3 Å². The number of ether oxygens (including phenoxy) is 1. The maximum absolute atomic E-state index is 13.2. The van der Waals surface area contributed by atoms with Crippen LogP contribution in [-0.4, -0.2) is 59.4 Å². The van der Waals surface area contributed by atoms with E-state index in [4.69, 9.17) is 10.5 Å². The average Bonchev–Trinajstić information content (AvgIpc) is 3.21. The lowest BCUT2D eigenvalue weighted by atomic mass is 10.1. The molecule has 3 aromatic rings. The Hall–Kier alpha value is -3.23. The van der Waals surface area contributed by atoms with Gasteiger partial charge in [-0.05, 0) is 55.8 Å². The summed E-state index contributed by atoms with van der Waals surface area (Å²) < 4.78 is 5.50. The van der Waals surface area contributed by atoms with Gasteiger partial charge in [-0.2, -0.15) is 0 Å². The first kappa shape index (κ1) is 22.9. The summed E-state index contributed by atoms with van der Waals surface area (Å²) in [4.78, 5) is 34.0. The molecule has 2 aromatic carbocycles. The number of carbonyl (C=O) groups is 2. The van der Waals surface area contributed by atoms with Crippen molar-refractivity contribution in [1.82, 2.24) is 14.8 Å². The van der Waals surface area contributed by atoms with E-state index < -0.39 is 5.91 Å². The molecule has 1 aliphatic heterocycles. The lowest BCUT2D eigenvalue weighted by Crippen LogP contribution is -2.48. The molecule has 1 aliphatic rings. The summed E-state index contributed by atoms with van der Waals surface area (Å²) in [7, 11) is 0. The standard InChI is InChI=1S/C25H28N4O3S/c1-3-32-21-10-8-20(9-11-21)24-27-17(2)22(33-24)25(31)29-14-12-28(13-15-29)16-18-4-6-19(7-5-18)23(26)30/h4-11H,3,12-16H2,1-2H3,(H2,26,30). The summed E-state index contributed by atoms with van der Waals surface area (Å²) in [5.41, 5.74) is 8.70. The minimum Gasteiger partial charge on any atom is -0.494 e. The topological polar surface area (TPSA) is 88.8 Å². The van der Waals surface area contributed by atoms with Crippen LogP contribution in [0.5, 0.6) is 5.75 Å². The number of primary amides is 1. The molecule has 0 radical (unpaired) electrons. The Kier molecular flexibility index (Phi) is 7.05. The summed E-state index contributed by atoms with van der Waals surface area (Å²) in [6.45, 7) is 8.21. The third-order valence-electron chi connectivity index (χ3n) is 5.71. The molecule has 0 bridgehead atoms. The third-order valence-corrected chi connectivity index (χ3v) is 6.90. The van der Waals surface area contributed by atoms with Crippen LogP contribution in [0.15, 0.2) is 48.5 Å². The molecule has 8 heteroatoms. The lowest BCUT2D eigenvalue weighted by Gasteiger charge is -2.34. The van der Waals surface area contributed by atoms with Crippen molar-refractivity contribution in [3.63, 3.8) is 0 Å². The van der Waals surface area contributed by atoms with Gasteiger partial charge in [0.05, 0.1) is 12.3 Å². The van der Waals surface area contributed by atoms with E-state index in [1.807, 2.05) is 55.1 Å². The number of nitrogens with zero attached hydrogens (tertiary/aromatic N) is 3. The van der Waals surface area contributed by atoms with E-state index in [0.717, 1.165) is 47.2 Å². The molecule has 0 aliphatic carbocycles. The van der Waals surface area contributed by atoms with Gasteiger partial charge in [-0.1, -0.05) is 12.1 Å². The maximum Gasteiger partial charge on any atom is 0.265 e. The summed E-state index contributed by atoms with van der Waals surface area (Å²) in [5.74, 6) is 0.456. The number of hydrogen-bond acceptors (Lipinski definition) is 6. The molecule has 1 fully saturated rings. The second kappa shape index (κ2) is 10.1. The normalized spacial score (nSPS) is 14.3. The Morgan fingerprint density at radius 1 is 1.03 bits per heavy atom. The van der Waals surface area contributed by atoms with E-state index in [1.54, 1.807) is 12.1 Å². The molecule has 2 N–H and O–H groups in total. The lowest BCUT2D eigenvalue weighted by molar-refractivity contribution is 0.0632. The zero-order valence-corrected chi connectivity index (χ0v) is 19.7. The number of rotatable bonds is 7. The van der Waals surface area contributed by atoms with Gasteiger partial charge in [0.15, 0.2) is 0 Å². The second-order valence-electron chi connectivity index (χ2n) is 8.02. The van der Waals surface area contributed by atoms with Crippen LogP contribution in [0.1, 0.15) is 38.2 Å². The smallest absolute Gasteiger partial charge is 0.265 e. The molecule has 2 amide bonds. The first-order valence-electron chi connectivity index (χ1n) is 11.1. The van der Waals surface area contributed by atoms with Gasteiger partial charge in [0.2, 0.25) is 5.91 Å². The summed E-state index contributed by atoms with van der Waals surface area (Å²) >= 11 is 1.45. The molecule has 0 spiro atoms. The fraction of sp³-hybridized carbons (Fsp3) is 0.320. The number of aromatic nitrogens is 1. The zero-order chi connectivity index (χ0) is 23.4. The third kappa shape index (κ3) is 5.40. The molecule has 0 saturated carbocycles. The highest BCUT2D eigenvalue weighted by molar-refractivity contribution is 7.17. The Morgan fingerprint density at radius 2 is 1.70 bits per heavy atom. The number of carbonyl (C=O) groups excluding carboxylic acids is 2. The van der Waals surface area contributed by atoms with Gasteiger partial charge >= 0.3 is 0 Å². The number of piperazine rings is 1. The van der Waals surface area contributed by atoms with E-state index in [0.29, 0.717) is 30.1 Å². The molecule has 2 heterocycles. The van der Waals surface area contributed by atoms with Crippen LogP contribution in [0.3, 0.4) is 0 Å². The van der Waals surface area contributed by atoms with Crippen LogP contribution in [0.4, 0.5) is 0 Å². The van der Waals surface area contributed by atoms with Crippen LogP contribution >= 0.6 is 11.3 Å². The minimum atomic E-state index is -0.419. The Balaban J connectivity index is 1.36. The maximum atomic E-state index is 13.2. The summed E-state index contributed by atoms with van der Waals surface area (Å²) in [6.07, 6.45) is 0. The number of thiazole rings is 1. The highest BCUT2D eigenvalue weighted by Crippen LogP contribution is 2.30. The number of benzene rings is 2. The number of aryl methyl sites for hydroxylation is 1. The van der Waals surface area contributed by atoms with Gasteiger partial charge in [-0.15, -0.1) is 11.3 Å². The van der Waals surface area contributed by atoms with Crippen molar-refractivity contribution in [2.75, 3.05) is 32.8 Å².